The summed E-state index contributed by atoms with van der Waals surface area (Å²) in [4.78, 5) is 186. The van der Waals surface area contributed by atoms with Gasteiger partial charge in [-0.15, -0.1) is 11.3 Å². The monoisotopic (exact) mass is 1400 g/mol. The number of carbonyl (C=O) groups is 12. The molecule has 2 saturated heterocycles. The molecule has 0 spiro atoms. The Kier molecular flexibility index (Phi) is 30.7. The number of piperidine rings is 1. The zero-order chi connectivity index (χ0) is 69.9. The summed E-state index contributed by atoms with van der Waals surface area (Å²) in [5.74, 6) is -8.85. The van der Waals surface area contributed by atoms with Crippen molar-refractivity contribution in [3.05, 3.63) is 55.6 Å². The zero-order valence-corrected chi connectivity index (χ0v) is 60.6. The summed E-state index contributed by atoms with van der Waals surface area (Å²) in [7, 11) is 9.77. The molecule has 4 rings (SSSR count). The molecule has 1 aromatic carbocycles. The van der Waals surface area contributed by atoms with Crippen LogP contribution in [0.2, 0.25) is 5.02 Å². The molecule has 2 aliphatic heterocycles. The minimum absolute atomic E-state index is 0.0285. The zero-order valence-electron chi connectivity index (χ0n) is 57.4. The quantitative estimate of drug-likeness (QED) is 0.200. The van der Waals surface area contributed by atoms with Crippen LogP contribution in [0.1, 0.15) is 137 Å². The average molecular weight is 1400 g/mol. The number of amides is 12. The summed E-state index contributed by atoms with van der Waals surface area (Å²) in [5, 5.41) is 11.8. The number of carbonyl (C=O) groups excluding carboxylic acids is 12. The molecular weight excluding hydrogens is 1300 g/mol. The molecule has 1 aromatic heterocycles. The molecule has 3 heterocycles. The molecule has 2 aliphatic rings. The third-order valence-corrected chi connectivity index (χ3v) is 19.6. The average Bonchev–Trinajstić information content (AvgIpc) is 1.25. The van der Waals surface area contributed by atoms with E-state index in [2.05, 4.69) is 37.2 Å². The lowest BCUT2D eigenvalue weighted by Gasteiger charge is -2.39. The maximum absolute atomic E-state index is 15.1. The summed E-state index contributed by atoms with van der Waals surface area (Å²) in [5.41, 5.74) is -1.08. The SMILES string of the molecule is CCCC[C@@H]1NC(=O)[C@H](Cc2ccc(Br)s2)NC(=O)CN(C)C(=O)[C@H](Cc2ccc(Cl)cc2)N(C)C(=O)CN(C)C(=O)CN(C)C(=O)[C@H]([C@@H](C)CC)NC(=O)[C@H](CC(C)C)N(C)C(=O)CC(C(=O)N2CCCCC2)N(C)C(=O)[C@H](CC(C)C)NC(=O)C(C)(C)N(C)C1=O. The normalized spacial score (nSPS) is 24.1. The van der Waals surface area contributed by atoms with Crippen LogP contribution >= 0.6 is 38.9 Å². The molecule has 2 fully saturated rings. The van der Waals surface area contributed by atoms with Gasteiger partial charge in [-0.05, 0) is 116 Å². The van der Waals surface area contributed by atoms with Gasteiger partial charge in [-0.1, -0.05) is 91.5 Å². The predicted molar refractivity (Wildman–Crippen MR) is 361 cm³/mol. The summed E-state index contributed by atoms with van der Waals surface area (Å²) in [6.45, 7) is 15.0. The van der Waals surface area contributed by atoms with Gasteiger partial charge < -0.3 is 60.5 Å². The van der Waals surface area contributed by atoms with E-state index in [1.165, 1.54) is 94.1 Å². The van der Waals surface area contributed by atoms with Gasteiger partial charge >= 0.3 is 0 Å². The van der Waals surface area contributed by atoms with E-state index in [0.29, 0.717) is 60.7 Å². The van der Waals surface area contributed by atoms with Gasteiger partial charge in [-0.2, -0.15) is 0 Å². The smallest absolute Gasteiger partial charge is 0.246 e. The molecule has 4 N–H and O–H groups in total. The Hall–Kier alpha value is -6.67. The Morgan fingerprint density at radius 2 is 1.20 bits per heavy atom. The number of nitrogens with zero attached hydrogens (tertiary/aromatic N) is 8. The number of thiophene rings is 1. The van der Waals surface area contributed by atoms with E-state index >= 15 is 4.79 Å². The van der Waals surface area contributed by atoms with Crippen molar-refractivity contribution in [2.45, 2.75) is 187 Å². The van der Waals surface area contributed by atoms with Crippen molar-refractivity contribution in [2.24, 2.45) is 17.8 Å². The lowest BCUT2D eigenvalue weighted by Crippen LogP contribution is -2.63. The molecule has 2 aromatic rings. The summed E-state index contributed by atoms with van der Waals surface area (Å²) in [6, 6.07) is 1.36. The lowest BCUT2D eigenvalue weighted by atomic mass is 9.95. The number of hydrogen-bond donors (Lipinski definition) is 4. The first-order valence-electron chi connectivity index (χ1n) is 32.3. The molecular formula is C66H102BrClN12O12S. The van der Waals surface area contributed by atoms with Crippen molar-refractivity contribution >= 4 is 110 Å². The topological polar surface area (TPSA) is 279 Å². The van der Waals surface area contributed by atoms with Gasteiger partial charge in [-0.25, -0.2) is 0 Å². The van der Waals surface area contributed by atoms with Gasteiger partial charge in [0.2, 0.25) is 70.9 Å². The Balaban J connectivity index is 1.87. The van der Waals surface area contributed by atoms with Gasteiger partial charge in [0, 0.05) is 85.2 Å². The molecule has 0 aliphatic carbocycles. The van der Waals surface area contributed by atoms with Crippen LogP contribution in [0.25, 0.3) is 0 Å². The minimum atomic E-state index is -1.69. The molecule has 24 nitrogen and oxygen atoms in total. The van der Waals surface area contributed by atoms with E-state index in [1.807, 2.05) is 41.5 Å². The van der Waals surface area contributed by atoms with Crippen LogP contribution in [0.3, 0.4) is 0 Å². The Labute approximate surface area is 567 Å². The van der Waals surface area contributed by atoms with Crippen LogP contribution in [-0.2, 0) is 70.4 Å². The number of rotatable bonds is 14. The van der Waals surface area contributed by atoms with Crippen molar-refractivity contribution in [1.29, 1.82) is 0 Å². The highest BCUT2D eigenvalue weighted by Crippen LogP contribution is 2.26. The molecule has 27 heteroatoms. The molecule has 0 saturated carbocycles. The van der Waals surface area contributed by atoms with Crippen molar-refractivity contribution in [3.63, 3.8) is 0 Å². The number of likely N-dealkylation sites (tertiary alicyclic amines) is 1. The summed E-state index contributed by atoms with van der Waals surface area (Å²) in [6.07, 6.45) is 3.49. The van der Waals surface area contributed by atoms with Crippen LogP contribution in [-0.4, -0.2) is 240 Å². The first-order chi connectivity index (χ1) is 43.5. The van der Waals surface area contributed by atoms with Crippen molar-refractivity contribution < 1.29 is 57.5 Å². The van der Waals surface area contributed by atoms with E-state index in [1.54, 1.807) is 48.2 Å². The highest BCUT2D eigenvalue weighted by atomic mass is 79.9. The van der Waals surface area contributed by atoms with Crippen LogP contribution < -0.4 is 21.3 Å². The van der Waals surface area contributed by atoms with Crippen molar-refractivity contribution in [2.75, 3.05) is 82.1 Å². The lowest BCUT2D eigenvalue weighted by molar-refractivity contribution is -0.152. The maximum atomic E-state index is 15.1. The third kappa shape index (κ3) is 22.5. The number of unbranched alkanes of at least 4 members (excludes halogenated alkanes) is 1. The van der Waals surface area contributed by atoms with E-state index < -0.39 is 151 Å². The van der Waals surface area contributed by atoms with E-state index in [9.17, 15) is 52.7 Å². The third-order valence-electron chi connectivity index (χ3n) is 17.7. The van der Waals surface area contributed by atoms with E-state index in [0.717, 1.165) is 24.9 Å². The molecule has 93 heavy (non-hydrogen) atoms. The van der Waals surface area contributed by atoms with E-state index in [4.69, 9.17) is 11.6 Å². The fourth-order valence-electron chi connectivity index (χ4n) is 11.2. The van der Waals surface area contributed by atoms with Crippen LogP contribution in [0.4, 0.5) is 0 Å². The molecule has 0 radical (unpaired) electrons. The fraction of sp³-hybridized carbons (Fsp3) is 0.667. The largest absolute Gasteiger partial charge is 0.343 e. The van der Waals surface area contributed by atoms with Crippen molar-refractivity contribution in [1.82, 2.24) is 60.5 Å². The minimum Gasteiger partial charge on any atom is -0.343 e. The molecule has 1 unspecified atom stereocenters. The first-order valence-corrected chi connectivity index (χ1v) is 34.3. The van der Waals surface area contributed by atoms with Gasteiger partial charge in [-0.3, -0.25) is 57.5 Å². The highest BCUT2D eigenvalue weighted by Gasteiger charge is 2.44. The number of benzene rings is 1. The maximum Gasteiger partial charge on any atom is 0.246 e. The second kappa shape index (κ2) is 36.3. The Morgan fingerprint density at radius 3 is 1.77 bits per heavy atom. The standard InChI is InChI=1S/C66H102BrClN12O12S/c1-17-19-23-46-61(88)79(16)66(8,9)65(92)71-48(32-40(3)4)60(87)78(15)51(63(90)80-30-21-20-22-31-80)36-54(82)76(13)49(33-41(5)6)59(86)72-57(42(7)18-2)64(91)75(12)38-55(83)73(10)39-56(84)77(14)50(34-43-24-26-44(68)27-25-43)62(89)74(11)37-53(81)69-47(58(85)70-46)35-45-28-29-52(67)93-45/h24-29,40-42,46-51,57H,17-23,30-39H2,1-16H3,(H,69,81)(H,70,85)(H,71,92)(H,72,86)/t42-,46-,47-,48-,49-,50-,51?,57-/m0/s1. The molecule has 8 atom stereocenters. The van der Waals surface area contributed by atoms with Gasteiger partial charge in [0.25, 0.3) is 0 Å². The Bertz CT molecular complexity index is 2960. The first kappa shape index (κ1) is 78.8. The molecule has 12 amide bonds. The van der Waals surface area contributed by atoms with Gasteiger partial charge in [0.1, 0.15) is 47.8 Å². The van der Waals surface area contributed by atoms with E-state index in [-0.39, 0.29) is 43.9 Å². The number of likely N-dealkylation sites (N-methyl/N-ethyl adjacent to an activating group) is 7. The summed E-state index contributed by atoms with van der Waals surface area (Å²) < 4.78 is 0.750. The van der Waals surface area contributed by atoms with Crippen LogP contribution in [0.15, 0.2) is 40.2 Å². The Morgan fingerprint density at radius 1 is 0.613 bits per heavy atom. The fourth-order valence-corrected chi connectivity index (χ4v) is 12.8. The number of hydrogen-bond acceptors (Lipinski definition) is 13. The molecule has 0 bridgehead atoms. The van der Waals surface area contributed by atoms with Crippen molar-refractivity contribution in [3.8, 4) is 0 Å². The predicted octanol–water partition coefficient (Wildman–Crippen LogP) is 4.73. The van der Waals surface area contributed by atoms with Gasteiger partial charge in [0.15, 0.2) is 0 Å². The number of halogens is 2. The second-order valence-corrected chi connectivity index (χ2v) is 29.4. The highest BCUT2D eigenvalue weighted by molar-refractivity contribution is 9.11. The molecule has 518 valence electrons. The second-order valence-electron chi connectivity index (χ2n) is 26.4. The summed E-state index contributed by atoms with van der Waals surface area (Å²) >= 11 is 11.0. The number of nitrogens with one attached hydrogen (secondary N) is 4. The van der Waals surface area contributed by atoms with Crippen LogP contribution in [0, 0.1) is 17.8 Å². The van der Waals surface area contributed by atoms with Crippen LogP contribution in [0.5, 0.6) is 0 Å². The van der Waals surface area contributed by atoms with Gasteiger partial charge in [0.05, 0.1) is 29.8 Å².